The van der Waals surface area contributed by atoms with Gasteiger partial charge >= 0.3 is 26.2 Å². The Bertz CT molecular complexity index is 137. The maximum absolute atomic E-state index is 4.74. The van der Waals surface area contributed by atoms with Crippen LogP contribution in [0.3, 0.4) is 0 Å². The van der Waals surface area contributed by atoms with Crippen LogP contribution in [0.5, 0.6) is 0 Å². The molecule has 0 bridgehead atoms. The van der Waals surface area contributed by atoms with Crippen LogP contribution in [0.4, 0.5) is 0 Å². The Morgan fingerprint density at radius 2 is 1.06 bits per heavy atom. The fourth-order valence-corrected chi connectivity index (χ4v) is 0.908. The van der Waals surface area contributed by atoms with Crippen LogP contribution in [0.2, 0.25) is 0 Å². The van der Waals surface area contributed by atoms with E-state index in [1.165, 1.54) is 0 Å². The molecule has 0 N–H and O–H groups in total. The van der Waals surface area contributed by atoms with Crippen molar-refractivity contribution in [1.82, 2.24) is 0 Å². The number of hydrogen-bond donors (Lipinski definition) is 0. The Morgan fingerprint density at radius 3 is 1.06 bits per heavy atom. The predicted octanol–water partition coefficient (Wildman–Crippen LogP) is -1.21. The van der Waals surface area contributed by atoms with Crippen LogP contribution in [0.15, 0.2) is 13.2 Å². The van der Waals surface area contributed by atoms with E-state index in [2.05, 4.69) is 27.0 Å². The van der Waals surface area contributed by atoms with Gasteiger partial charge in [-0.1, -0.05) is 27.7 Å². The summed E-state index contributed by atoms with van der Waals surface area (Å²) in [6.45, 7) is 14.0. The van der Waals surface area contributed by atoms with Crippen LogP contribution in [-0.2, 0) is 26.2 Å². The van der Waals surface area contributed by atoms with E-state index in [0.29, 0.717) is 0 Å². The average molecular weight is 393 g/mol. The van der Waals surface area contributed by atoms with Gasteiger partial charge in [-0.2, -0.15) is 12.8 Å². The summed E-state index contributed by atoms with van der Waals surface area (Å²) in [6.07, 6.45) is 6.18. The standard InChI is InChI=1S/2C5H9S.C2H4.2ClH.Zr/c2*1-3-4-5(2)6;1-2;;;/h2*4H,3H2,1-2H3;1-2H2;2*1H;/q2*-1;;;;+4/p-2. The van der Waals surface area contributed by atoms with Crippen molar-refractivity contribution in [3.63, 3.8) is 0 Å². The number of thiocarbonyl (C=S) groups is 2. The zero-order chi connectivity index (χ0) is 12.0. The van der Waals surface area contributed by atoms with E-state index in [-0.39, 0.29) is 51.0 Å². The third kappa shape index (κ3) is 77.2. The monoisotopic (exact) mass is 390 g/mol. The van der Waals surface area contributed by atoms with Crippen LogP contribution >= 0.6 is 24.4 Å². The zero-order valence-electron chi connectivity index (χ0n) is 11.1. The first-order chi connectivity index (χ1) is 6.54. The second-order valence-electron chi connectivity index (χ2n) is 2.45. The second-order valence-corrected chi connectivity index (χ2v) is 3.73. The minimum Gasteiger partial charge on any atom is -1.00 e. The molecular weight excluding hydrogens is 370 g/mol. The van der Waals surface area contributed by atoms with Gasteiger partial charge in [0.15, 0.2) is 0 Å². The SMILES string of the molecule is C=C.CC[CH-]C(C)=S.CC[CH-]C(C)=S.[Cl-].[Cl-].[Zr+4]. The summed E-state index contributed by atoms with van der Waals surface area (Å²) in [5.74, 6) is 0. The number of rotatable bonds is 4. The molecule has 0 fully saturated rings. The predicted molar refractivity (Wildman–Crippen MR) is 77.0 cm³/mol. The van der Waals surface area contributed by atoms with E-state index in [4.69, 9.17) is 24.4 Å². The fourth-order valence-electron chi connectivity index (χ4n) is 0.575. The number of halogens is 2. The molecule has 5 heteroatoms. The summed E-state index contributed by atoms with van der Waals surface area (Å²) in [6, 6.07) is 0. The van der Waals surface area contributed by atoms with Gasteiger partial charge in [0.2, 0.25) is 0 Å². The van der Waals surface area contributed by atoms with Crippen molar-refractivity contribution in [2.24, 2.45) is 0 Å². The third-order valence-corrected chi connectivity index (χ3v) is 1.32. The van der Waals surface area contributed by atoms with E-state index in [0.717, 1.165) is 22.6 Å². The van der Waals surface area contributed by atoms with Crippen molar-refractivity contribution in [2.75, 3.05) is 0 Å². The molecule has 0 radical (unpaired) electrons. The summed E-state index contributed by atoms with van der Waals surface area (Å²) < 4.78 is 0. The molecule has 0 spiro atoms. The molecule has 0 atom stereocenters. The smallest absolute Gasteiger partial charge is 1.00 e. The first-order valence-electron chi connectivity index (χ1n) is 4.72. The molecule has 0 aliphatic carbocycles. The Hall–Kier alpha value is 1.12. The molecule has 100 valence electrons. The molecule has 0 aliphatic rings. The van der Waals surface area contributed by atoms with E-state index in [1.807, 2.05) is 26.7 Å². The van der Waals surface area contributed by atoms with Crippen molar-refractivity contribution in [2.45, 2.75) is 40.5 Å². The first-order valence-corrected chi connectivity index (χ1v) is 5.53. The van der Waals surface area contributed by atoms with Crippen LogP contribution < -0.4 is 24.8 Å². The summed E-state index contributed by atoms with van der Waals surface area (Å²) >= 11 is 9.48. The minimum atomic E-state index is 0. The van der Waals surface area contributed by atoms with Crippen molar-refractivity contribution in [1.29, 1.82) is 0 Å². The average Bonchev–Trinajstić information content (AvgIpc) is 2.08. The Morgan fingerprint density at radius 1 is 0.882 bits per heavy atom. The molecule has 0 aromatic rings. The minimum absolute atomic E-state index is 0. The van der Waals surface area contributed by atoms with Crippen LogP contribution in [0, 0.1) is 12.8 Å². The summed E-state index contributed by atoms with van der Waals surface area (Å²) in [5.41, 5.74) is 0. The van der Waals surface area contributed by atoms with Gasteiger partial charge in [0.1, 0.15) is 0 Å². The van der Waals surface area contributed by atoms with Gasteiger partial charge in [-0.05, 0) is 0 Å². The summed E-state index contributed by atoms with van der Waals surface area (Å²) in [7, 11) is 0. The molecule has 0 heterocycles. The van der Waals surface area contributed by atoms with Crippen LogP contribution in [0.25, 0.3) is 0 Å². The van der Waals surface area contributed by atoms with Crippen molar-refractivity contribution in [3.8, 4) is 0 Å². The number of hydrogen-bond acceptors (Lipinski definition) is 2. The van der Waals surface area contributed by atoms with Crippen molar-refractivity contribution < 1.29 is 51.0 Å². The van der Waals surface area contributed by atoms with Gasteiger partial charge in [0, 0.05) is 0 Å². The third-order valence-electron chi connectivity index (χ3n) is 0.983. The zero-order valence-corrected chi connectivity index (χ0v) is 16.7. The molecule has 17 heavy (non-hydrogen) atoms. The van der Waals surface area contributed by atoms with Gasteiger partial charge in [-0.3, -0.25) is 0 Å². The normalized spacial score (nSPS) is 5.65. The molecule has 0 saturated carbocycles. The van der Waals surface area contributed by atoms with Gasteiger partial charge in [0.05, 0.1) is 0 Å². The topological polar surface area (TPSA) is 0 Å². The first kappa shape index (κ1) is 36.2. The van der Waals surface area contributed by atoms with E-state index >= 15 is 0 Å². The fraction of sp³-hybridized carbons (Fsp3) is 0.500. The van der Waals surface area contributed by atoms with E-state index < -0.39 is 0 Å². The summed E-state index contributed by atoms with van der Waals surface area (Å²) in [5, 5.41) is 0. The molecule has 0 saturated heterocycles. The summed E-state index contributed by atoms with van der Waals surface area (Å²) in [4.78, 5) is 2.00. The quantitative estimate of drug-likeness (QED) is 0.335. The second kappa shape index (κ2) is 36.0. The molecule has 0 aromatic carbocycles. The molecule has 0 aromatic heterocycles. The molecule has 0 rings (SSSR count). The Balaban J connectivity index is -0.0000000268. The molecule has 0 nitrogen and oxygen atoms in total. The molecule has 0 amide bonds. The van der Waals surface area contributed by atoms with Gasteiger partial charge in [0.25, 0.3) is 0 Å². The van der Waals surface area contributed by atoms with E-state index in [9.17, 15) is 0 Å². The van der Waals surface area contributed by atoms with Gasteiger partial charge in [-0.15, -0.1) is 47.3 Å². The van der Waals surface area contributed by atoms with Crippen molar-refractivity contribution in [3.05, 3.63) is 26.0 Å². The van der Waals surface area contributed by atoms with Gasteiger partial charge in [-0.25, -0.2) is 0 Å². The van der Waals surface area contributed by atoms with Crippen LogP contribution in [0.1, 0.15) is 40.5 Å². The Kier molecular flexibility index (Phi) is 76.5. The van der Waals surface area contributed by atoms with E-state index in [1.54, 1.807) is 0 Å². The molecule has 0 aliphatic heterocycles. The van der Waals surface area contributed by atoms with Crippen LogP contribution in [-0.4, -0.2) is 9.73 Å². The maximum Gasteiger partial charge on any atom is 4.00 e. The largest absolute Gasteiger partial charge is 4.00 e. The van der Waals surface area contributed by atoms with Gasteiger partial charge < -0.3 is 37.7 Å². The Labute approximate surface area is 150 Å². The maximum atomic E-state index is 4.74. The van der Waals surface area contributed by atoms with Crippen molar-refractivity contribution >= 4 is 34.2 Å². The molecule has 0 unspecified atom stereocenters. The molecular formula is C12H22Cl2S2Zr.